The molecule has 7 heteroatoms. The van der Waals surface area contributed by atoms with E-state index in [2.05, 4.69) is 108 Å². The molecule has 0 N–H and O–H groups in total. The van der Waals surface area contributed by atoms with Crippen LogP contribution in [0.3, 0.4) is 0 Å². The Morgan fingerprint density at radius 2 is 0.898 bits per heavy atom. The number of imidazole rings is 1. The number of hydrogen-bond acceptors (Lipinski definition) is 4. The van der Waals surface area contributed by atoms with Gasteiger partial charge in [0, 0.05) is 36.0 Å². The minimum atomic E-state index is -0.0396. The van der Waals surface area contributed by atoms with Crippen molar-refractivity contribution in [3.63, 3.8) is 0 Å². The summed E-state index contributed by atoms with van der Waals surface area (Å²) in [5.74, 6) is 1.75. The molecular weight excluding hydrogens is 605 g/mol. The first-order valence-corrected chi connectivity index (χ1v) is 16.2. The third-order valence-electron chi connectivity index (χ3n) is 9.38. The molecule has 6 aromatic carbocycles. The highest BCUT2D eigenvalue weighted by atomic mass is 16.1. The lowest BCUT2D eigenvalue weighted by atomic mass is 10.0. The molecule has 49 heavy (non-hydrogen) atoms. The zero-order valence-corrected chi connectivity index (χ0v) is 26.9. The fraction of sp³-hybridized carbons (Fsp3) is 0.0476. The number of benzene rings is 6. The van der Waals surface area contributed by atoms with Crippen molar-refractivity contribution in [2.24, 2.45) is 14.1 Å². The van der Waals surface area contributed by atoms with E-state index in [0.717, 1.165) is 60.7 Å². The summed E-state index contributed by atoms with van der Waals surface area (Å²) in [6.45, 7) is 0. The molecule has 0 amide bonds. The quantitative estimate of drug-likeness (QED) is 0.190. The molecule has 3 aromatic heterocycles. The molecule has 0 spiro atoms. The Labute approximate surface area is 282 Å². The van der Waals surface area contributed by atoms with Crippen LogP contribution >= 0.6 is 0 Å². The van der Waals surface area contributed by atoms with Gasteiger partial charge in [0.2, 0.25) is 5.95 Å². The molecule has 9 rings (SSSR count). The molecular formula is C42H30N6O. The summed E-state index contributed by atoms with van der Waals surface area (Å²) < 4.78 is 5.50. The third kappa shape index (κ3) is 4.74. The summed E-state index contributed by atoms with van der Waals surface area (Å²) >= 11 is 0. The van der Waals surface area contributed by atoms with Crippen molar-refractivity contribution in [1.82, 2.24) is 28.7 Å². The first-order chi connectivity index (χ1) is 24.0. The van der Waals surface area contributed by atoms with Crippen LogP contribution in [0.2, 0.25) is 0 Å². The average Bonchev–Trinajstić information content (AvgIpc) is 3.61. The van der Waals surface area contributed by atoms with Gasteiger partial charge in [0.05, 0.1) is 22.1 Å². The van der Waals surface area contributed by atoms with Crippen LogP contribution in [0.4, 0.5) is 0 Å². The van der Waals surface area contributed by atoms with Crippen molar-refractivity contribution in [1.29, 1.82) is 0 Å². The minimum absolute atomic E-state index is 0.0396. The molecule has 0 aliphatic heterocycles. The van der Waals surface area contributed by atoms with Gasteiger partial charge in [-0.1, -0.05) is 115 Å². The Morgan fingerprint density at radius 1 is 0.408 bits per heavy atom. The van der Waals surface area contributed by atoms with Crippen LogP contribution in [0.1, 0.15) is 0 Å². The van der Waals surface area contributed by atoms with Gasteiger partial charge in [-0.3, -0.25) is 13.7 Å². The first kappa shape index (κ1) is 28.6. The van der Waals surface area contributed by atoms with Gasteiger partial charge >= 0.3 is 5.69 Å². The van der Waals surface area contributed by atoms with Gasteiger partial charge in [0.25, 0.3) is 0 Å². The Bertz CT molecular complexity index is 2740. The zero-order chi connectivity index (χ0) is 33.1. The van der Waals surface area contributed by atoms with Crippen molar-refractivity contribution in [3.05, 3.63) is 156 Å². The van der Waals surface area contributed by atoms with E-state index in [9.17, 15) is 4.79 Å². The number of aromatic nitrogens is 6. The second-order valence-electron chi connectivity index (χ2n) is 12.3. The van der Waals surface area contributed by atoms with E-state index in [1.165, 1.54) is 5.56 Å². The Hall–Kier alpha value is -6.60. The predicted molar refractivity (Wildman–Crippen MR) is 198 cm³/mol. The van der Waals surface area contributed by atoms with E-state index in [-0.39, 0.29) is 5.69 Å². The largest absolute Gasteiger partial charge is 0.328 e. The summed E-state index contributed by atoms with van der Waals surface area (Å²) in [5, 5.41) is 2.27. The first-order valence-electron chi connectivity index (χ1n) is 16.2. The number of para-hydroxylation sites is 1. The maximum Gasteiger partial charge on any atom is 0.328 e. The van der Waals surface area contributed by atoms with Crippen LogP contribution in [0.15, 0.2) is 150 Å². The zero-order valence-electron chi connectivity index (χ0n) is 26.9. The average molecular weight is 635 g/mol. The van der Waals surface area contributed by atoms with Gasteiger partial charge in [0.15, 0.2) is 11.6 Å². The number of hydrogen-bond donors (Lipinski definition) is 0. The molecule has 7 nitrogen and oxygen atoms in total. The Kier molecular flexibility index (Phi) is 6.59. The van der Waals surface area contributed by atoms with E-state index in [0.29, 0.717) is 17.6 Å². The van der Waals surface area contributed by atoms with Gasteiger partial charge in [-0.15, -0.1) is 0 Å². The van der Waals surface area contributed by atoms with E-state index < -0.39 is 0 Å². The number of nitrogens with zero attached hydrogens (tertiary/aromatic N) is 6. The van der Waals surface area contributed by atoms with Crippen LogP contribution in [0, 0.1) is 0 Å². The van der Waals surface area contributed by atoms with Crippen LogP contribution < -0.4 is 5.69 Å². The van der Waals surface area contributed by atoms with E-state index in [1.54, 1.807) is 23.2 Å². The fourth-order valence-electron chi connectivity index (χ4n) is 6.81. The van der Waals surface area contributed by atoms with Gasteiger partial charge in [0.1, 0.15) is 0 Å². The molecule has 0 saturated heterocycles. The Morgan fingerprint density at radius 3 is 1.61 bits per heavy atom. The molecule has 0 fully saturated rings. The van der Waals surface area contributed by atoms with Gasteiger partial charge < -0.3 is 0 Å². The maximum atomic E-state index is 12.5. The molecule has 0 radical (unpaired) electrons. The van der Waals surface area contributed by atoms with Crippen LogP contribution in [-0.4, -0.2) is 28.7 Å². The molecule has 3 heterocycles. The summed E-state index contributed by atoms with van der Waals surface area (Å²) in [6, 6.07) is 49.9. The fourth-order valence-corrected chi connectivity index (χ4v) is 6.81. The summed E-state index contributed by atoms with van der Waals surface area (Å²) in [6.07, 6.45) is 0. The van der Waals surface area contributed by atoms with Crippen LogP contribution in [0.25, 0.3) is 83.8 Å². The summed E-state index contributed by atoms with van der Waals surface area (Å²) in [5.41, 5.74) is 10.0. The summed E-state index contributed by atoms with van der Waals surface area (Å²) in [7, 11) is 3.60. The van der Waals surface area contributed by atoms with Gasteiger partial charge in [-0.2, -0.15) is 9.97 Å². The molecule has 0 saturated carbocycles. The standard InChI is InChI=1S/C42H30N6O/c1-46-37-24-22-32(26-38(37)47(2)42(46)49)28-17-19-30(20-18-28)40-43-39(29-13-7-4-8-14-29)44-41(45-40)48-35-16-10-9-15-33(35)34-25-31(21-23-36(34)48)27-11-5-3-6-12-27/h3-26H,1-2H3. The lowest BCUT2D eigenvalue weighted by molar-refractivity contribution is 0.795. The van der Waals surface area contributed by atoms with E-state index >= 15 is 0 Å². The smallest absolute Gasteiger partial charge is 0.295 e. The predicted octanol–water partition coefficient (Wildman–Crippen LogP) is 8.83. The van der Waals surface area contributed by atoms with E-state index in [1.807, 2.05) is 42.5 Å². The van der Waals surface area contributed by atoms with Crippen molar-refractivity contribution in [2.45, 2.75) is 0 Å². The molecule has 9 aromatic rings. The molecule has 0 bridgehead atoms. The summed E-state index contributed by atoms with van der Waals surface area (Å²) in [4.78, 5) is 27.7. The van der Waals surface area contributed by atoms with Crippen molar-refractivity contribution in [2.75, 3.05) is 0 Å². The lowest BCUT2D eigenvalue weighted by Crippen LogP contribution is -2.19. The van der Waals surface area contributed by atoms with E-state index in [4.69, 9.17) is 15.0 Å². The normalized spacial score (nSPS) is 11.6. The third-order valence-corrected chi connectivity index (χ3v) is 9.38. The highest BCUT2D eigenvalue weighted by Gasteiger charge is 2.18. The second kappa shape index (κ2) is 11.3. The van der Waals surface area contributed by atoms with Gasteiger partial charge in [-0.05, 0) is 52.6 Å². The number of fused-ring (bicyclic) bond motifs is 4. The van der Waals surface area contributed by atoms with Crippen molar-refractivity contribution < 1.29 is 0 Å². The lowest BCUT2D eigenvalue weighted by Gasteiger charge is -2.11. The van der Waals surface area contributed by atoms with Gasteiger partial charge in [-0.25, -0.2) is 9.78 Å². The SMILES string of the molecule is Cn1c(=O)n(C)c2cc(-c3ccc(-c4nc(-c5ccccc5)nc(-n5c6ccccc6c6cc(-c7ccccc7)ccc65)n4)cc3)ccc21. The van der Waals surface area contributed by atoms with Crippen molar-refractivity contribution in [3.8, 4) is 51.0 Å². The molecule has 234 valence electrons. The molecule has 0 aliphatic carbocycles. The molecule has 0 atom stereocenters. The highest BCUT2D eigenvalue weighted by molar-refractivity contribution is 6.10. The molecule has 0 unspecified atom stereocenters. The topological polar surface area (TPSA) is 70.5 Å². The number of aryl methyl sites for hydroxylation is 2. The number of rotatable bonds is 5. The van der Waals surface area contributed by atoms with Crippen LogP contribution in [-0.2, 0) is 14.1 Å². The Balaban J connectivity index is 1.20. The van der Waals surface area contributed by atoms with Crippen molar-refractivity contribution >= 4 is 32.8 Å². The molecule has 0 aliphatic rings. The second-order valence-corrected chi connectivity index (χ2v) is 12.3. The minimum Gasteiger partial charge on any atom is -0.295 e. The maximum absolute atomic E-state index is 12.5. The monoisotopic (exact) mass is 634 g/mol. The van der Waals surface area contributed by atoms with Crippen LogP contribution in [0.5, 0.6) is 0 Å². The highest BCUT2D eigenvalue weighted by Crippen LogP contribution is 2.35.